The maximum Gasteiger partial charge on any atom is 0.335 e. The van der Waals surface area contributed by atoms with E-state index in [-0.39, 0.29) is 5.56 Å². The molecule has 1 aromatic rings. The fourth-order valence-electron chi connectivity index (χ4n) is 0.793. The van der Waals surface area contributed by atoms with Crippen LogP contribution in [0.1, 0.15) is 10.4 Å². The number of benzene rings is 1. The molecule has 0 aliphatic rings. The van der Waals surface area contributed by atoms with Crippen molar-refractivity contribution < 1.29 is 9.90 Å². The summed E-state index contributed by atoms with van der Waals surface area (Å²) in [7, 11) is 0.861. The molecule has 1 aromatic carbocycles. The lowest BCUT2D eigenvalue weighted by Gasteiger charge is -1.98. The highest BCUT2D eigenvalue weighted by Crippen LogP contribution is 2.09. The highest BCUT2D eigenvalue weighted by Gasteiger charge is 2.01. The van der Waals surface area contributed by atoms with Gasteiger partial charge in [0.25, 0.3) is 0 Å². The lowest BCUT2D eigenvalue weighted by molar-refractivity contribution is 0.0697. The molecule has 0 aliphatic heterocycles. The summed E-state index contributed by atoms with van der Waals surface area (Å²) >= 11 is 4.51. The second-order valence-corrected chi connectivity index (χ2v) is 2.94. The normalized spacial score (nSPS) is 8.92. The van der Waals surface area contributed by atoms with Gasteiger partial charge in [0.2, 0.25) is 0 Å². The molecule has 1 rings (SSSR count). The summed E-state index contributed by atoms with van der Waals surface area (Å²) < 4.78 is 3.63. The Bertz CT molecular complexity index is 375. The average molecular weight is 214 g/mol. The Hall–Kier alpha value is -1.27. The fraction of sp³-hybridized carbons (Fsp3) is 0. The van der Waals surface area contributed by atoms with Crippen LogP contribution in [-0.4, -0.2) is 11.1 Å². The van der Waals surface area contributed by atoms with Crippen LogP contribution in [0.15, 0.2) is 28.7 Å². The average Bonchev–Trinajstić information content (AvgIpc) is 2.15. The molecule has 0 amide bonds. The van der Waals surface area contributed by atoms with Gasteiger partial charge in [0.15, 0.2) is 0 Å². The molecule has 0 unspecified atom stereocenters. The Labute approximate surface area is 82.9 Å². The molecule has 0 fully saturated rings. The lowest BCUT2D eigenvalue weighted by atomic mass is 10.2. The monoisotopic (exact) mass is 214 g/mol. The minimum absolute atomic E-state index is 0.217. The second-order valence-electron chi connectivity index (χ2n) is 2.16. The molecule has 0 aliphatic carbocycles. The third-order valence-electron chi connectivity index (χ3n) is 1.32. The van der Waals surface area contributed by atoms with Crippen LogP contribution >= 0.6 is 0 Å². The first kappa shape index (κ1) is 9.82. The van der Waals surface area contributed by atoms with Gasteiger partial charge in [-0.15, -0.1) is 4.47 Å². The smallest absolute Gasteiger partial charge is 0.335 e. The maximum atomic E-state index is 10.5. The first-order chi connectivity index (χ1) is 6.24. The van der Waals surface area contributed by atoms with Gasteiger partial charge in [-0.2, -0.15) is 0 Å². The van der Waals surface area contributed by atoms with Crippen molar-refractivity contribution in [3.63, 3.8) is 0 Å². The third kappa shape index (κ3) is 2.92. The summed E-state index contributed by atoms with van der Waals surface area (Å²) in [5.74, 6) is -0.963. The van der Waals surface area contributed by atoms with Gasteiger partial charge in [-0.05, 0) is 18.2 Å². The standard InChI is InChI=1S/C7H6N2O2S2/c10-7(11)5-2-1-3-6(4-5)8-9-13-12/h1-4,8H,(H,10,11). The van der Waals surface area contributed by atoms with Gasteiger partial charge in [0.1, 0.15) is 0 Å². The van der Waals surface area contributed by atoms with Gasteiger partial charge < -0.3 is 5.11 Å². The summed E-state index contributed by atoms with van der Waals surface area (Å²) in [5.41, 5.74) is 3.44. The van der Waals surface area contributed by atoms with Gasteiger partial charge in [-0.1, -0.05) is 6.07 Å². The van der Waals surface area contributed by atoms with Crippen LogP contribution in [0, 0.1) is 0 Å². The SMILES string of the molecule is O=C(O)c1cccc(NN=S=S)c1. The molecular weight excluding hydrogens is 208 g/mol. The van der Waals surface area contributed by atoms with Crippen molar-refractivity contribution >= 4 is 33.0 Å². The van der Waals surface area contributed by atoms with E-state index in [4.69, 9.17) is 5.11 Å². The fourth-order valence-corrected chi connectivity index (χ4v) is 1.05. The van der Waals surface area contributed by atoms with Crippen molar-refractivity contribution in [2.45, 2.75) is 0 Å². The number of carboxylic acid groups (broad SMARTS) is 1. The number of rotatable bonds is 3. The van der Waals surface area contributed by atoms with Crippen LogP contribution in [-0.2, 0) is 21.3 Å². The Kier molecular flexibility index (Phi) is 3.53. The van der Waals surface area contributed by atoms with Crippen LogP contribution in [0.25, 0.3) is 0 Å². The minimum Gasteiger partial charge on any atom is -0.478 e. The van der Waals surface area contributed by atoms with E-state index in [1.54, 1.807) is 12.1 Å². The molecule has 0 heterocycles. The molecule has 6 heteroatoms. The number of carbonyl (C=O) groups is 1. The number of carboxylic acids is 1. The number of hydrogen-bond donors (Lipinski definition) is 2. The van der Waals surface area contributed by atoms with E-state index in [9.17, 15) is 4.79 Å². The summed E-state index contributed by atoms with van der Waals surface area (Å²) in [4.78, 5) is 10.5. The van der Waals surface area contributed by atoms with Crippen LogP contribution in [0.5, 0.6) is 0 Å². The highest BCUT2D eigenvalue weighted by atomic mass is 32.8. The van der Waals surface area contributed by atoms with Crippen molar-refractivity contribution in [3.8, 4) is 0 Å². The molecule has 0 saturated carbocycles. The topological polar surface area (TPSA) is 61.7 Å². The van der Waals surface area contributed by atoms with Crippen LogP contribution < -0.4 is 5.43 Å². The van der Waals surface area contributed by atoms with Crippen molar-refractivity contribution in [2.75, 3.05) is 5.43 Å². The van der Waals surface area contributed by atoms with Crippen LogP contribution in [0.2, 0.25) is 0 Å². The highest BCUT2D eigenvalue weighted by molar-refractivity contribution is 8.12. The molecule has 13 heavy (non-hydrogen) atoms. The van der Waals surface area contributed by atoms with Crippen LogP contribution in [0.4, 0.5) is 5.69 Å². The van der Waals surface area contributed by atoms with E-state index >= 15 is 0 Å². The third-order valence-corrected chi connectivity index (χ3v) is 1.71. The van der Waals surface area contributed by atoms with E-state index in [1.165, 1.54) is 12.1 Å². The molecule has 2 N–H and O–H groups in total. The first-order valence-electron chi connectivity index (χ1n) is 3.32. The number of aromatic carboxylic acids is 1. The number of nitrogens with zero attached hydrogens (tertiary/aromatic N) is 1. The largest absolute Gasteiger partial charge is 0.478 e. The maximum absolute atomic E-state index is 10.5. The summed E-state index contributed by atoms with van der Waals surface area (Å²) in [6.45, 7) is 0. The number of hydrogen-bond acceptors (Lipinski definition) is 3. The van der Waals surface area contributed by atoms with E-state index in [1.807, 2.05) is 0 Å². The molecular formula is C7H6N2O2S2. The predicted molar refractivity (Wildman–Crippen MR) is 54.2 cm³/mol. The molecule has 68 valence electrons. The van der Waals surface area contributed by atoms with Gasteiger partial charge >= 0.3 is 5.97 Å². The van der Waals surface area contributed by atoms with Gasteiger partial charge in [-0.3, -0.25) is 5.43 Å². The summed E-state index contributed by atoms with van der Waals surface area (Å²) in [6.07, 6.45) is 0. The number of anilines is 1. The van der Waals surface area contributed by atoms with Crippen molar-refractivity contribution in [3.05, 3.63) is 29.8 Å². The Morgan fingerprint density at radius 3 is 3.00 bits per heavy atom. The van der Waals surface area contributed by atoms with Crippen LogP contribution in [0.3, 0.4) is 0 Å². The van der Waals surface area contributed by atoms with E-state index < -0.39 is 5.97 Å². The molecule has 0 saturated heterocycles. The zero-order chi connectivity index (χ0) is 9.68. The first-order valence-corrected chi connectivity index (χ1v) is 5.02. The Balaban J connectivity index is 2.91. The summed E-state index contributed by atoms with van der Waals surface area (Å²) in [6, 6.07) is 6.34. The lowest BCUT2D eigenvalue weighted by Crippen LogP contribution is -1.96. The quantitative estimate of drug-likeness (QED) is 0.747. The molecule has 0 atom stereocenters. The Morgan fingerprint density at radius 1 is 1.62 bits per heavy atom. The van der Waals surface area contributed by atoms with Crippen molar-refractivity contribution in [1.82, 2.24) is 0 Å². The molecule has 0 spiro atoms. The minimum atomic E-state index is -0.963. The summed E-state index contributed by atoms with van der Waals surface area (Å²) in [5, 5.41) is 8.65. The van der Waals surface area contributed by atoms with E-state index in [0.29, 0.717) is 5.69 Å². The Morgan fingerprint density at radius 2 is 2.38 bits per heavy atom. The van der Waals surface area contributed by atoms with Gasteiger partial charge in [0, 0.05) is 11.2 Å². The zero-order valence-corrected chi connectivity index (χ0v) is 8.06. The van der Waals surface area contributed by atoms with Crippen molar-refractivity contribution in [1.29, 1.82) is 0 Å². The molecule has 4 nitrogen and oxygen atoms in total. The van der Waals surface area contributed by atoms with Gasteiger partial charge in [-0.25, -0.2) is 4.79 Å². The van der Waals surface area contributed by atoms with Crippen molar-refractivity contribution in [2.24, 2.45) is 4.47 Å². The van der Waals surface area contributed by atoms with E-state index in [2.05, 4.69) is 21.1 Å². The molecule has 0 aromatic heterocycles. The molecule has 0 radical (unpaired) electrons. The predicted octanol–water partition coefficient (Wildman–Crippen LogP) is 1.44. The molecule has 0 bridgehead atoms. The zero-order valence-electron chi connectivity index (χ0n) is 6.43. The second kappa shape index (κ2) is 4.68. The number of nitrogens with one attached hydrogen (secondary N) is 1. The van der Waals surface area contributed by atoms with E-state index in [0.717, 1.165) is 10.1 Å². The van der Waals surface area contributed by atoms with Gasteiger partial charge in [0.05, 0.1) is 21.4 Å².